The molecule has 0 bridgehead atoms. The van der Waals surface area contributed by atoms with Gasteiger partial charge in [0.2, 0.25) is 5.82 Å². The van der Waals surface area contributed by atoms with E-state index in [1.165, 1.54) is 0 Å². The molecule has 3 aromatic rings. The second-order valence-electron chi connectivity index (χ2n) is 7.83. The van der Waals surface area contributed by atoms with Gasteiger partial charge in [0.25, 0.3) is 5.91 Å². The standard InChI is InChI=1S/C23H22N4O3/c28-21(26-14-11-23(12-15-26)13-16-30-22(23)29)19-24-20(17-7-3-1-4-8-17)27(25-19)18-9-5-2-6-10-18/h1-10H,11-16H2. The maximum Gasteiger partial charge on any atom is 0.312 e. The molecule has 7 nitrogen and oxygen atoms in total. The molecule has 2 aliphatic rings. The maximum absolute atomic E-state index is 13.2. The Balaban J connectivity index is 1.44. The molecule has 0 saturated carbocycles. The minimum atomic E-state index is -0.414. The van der Waals surface area contributed by atoms with Gasteiger partial charge in [-0.05, 0) is 31.4 Å². The Morgan fingerprint density at radius 3 is 2.23 bits per heavy atom. The van der Waals surface area contributed by atoms with Gasteiger partial charge in [0.05, 0.1) is 17.7 Å². The second-order valence-corrected chi connectivity index (χ2v) is 7.83. The van der Waals surface area contributed by atoms with E-state index >= 15 is 0 Å². The molecule has 0 N–H and O–H groups in total. The van der Waals surface area contributed by atoms with Gasteiger partial charge in [-0.3, -0.25) is 9.59 Å². The molecule has 1 amide bonds. The summed E-state index contributed by atoms with van der Waals surface area (Å²) in [5, 5.41) is 4.56. The number of carbonyl (C=O) groups is 2. The SMILES string of the molecule is O=C(c1nc(-c2ccccc2)n(-c2ccccc2)n1)N1CCC2(CCOC2=O)CC1. The molecule has 7 heteroatoms. The van der Waals surface area contributed by atoms with Crippen LogP contribution in [-0.4, -0.2) is 51.2 Å². The van der Waals surface area contributed by atoms with Gasteiger partial charge in [0.1, 0.15) is 0 Å². The summed E-state index contributed by atoms with van der Waals surface area (Å²) in [6.07, 6.45) is 2.00. The van der Waals surface area contributed by atoms with E-state index in [4.69, 9.17) is 4.74 Å². The molecular weight excluding hydrogens is 380 g/mol. The average Bonchev–Trinajstić information content (AvgIpc) is 3.40. The Labute approximate surface area is 174 Å². The van der Waals surface area contributed by atoms with E-state index in [0.29, 0.717) is 38.4 Å². The second kappa shape index (κ2) is 7.40. The molecule has 1 aromatic heterocycles. The molecule has 5 rings (SSSR count). The highest BCUT2D eigenvalue weighted by Crippen LogP contribution is 2.40. The van der Waals surface area contributed by atoms with Gasteiger partial charge >= 0.3 is 5.97 Å². The van der Waals surface area contributed by atoms with E-state index in [1.54, 1.807) is 9.58 Å². The Morgan fingerprint density at radius 2 is 1.60 bits per heavy atom. The Hall–Kier alpha value is -3.48. The number of amides is 1. The van der Waals surface area contributed by atoms with Crippen molar-refractivity contribution < 1.29 is 14.3 Å². The highest BCUT2D eigenvalue weighted by molar-refractivity contribution is 5.91. The van der Waals surface area contributed by atoms with Crippen molar-refractivity contribution in [2.24, 2.45) is 5.41 Å². The highest BCUT2D eigenvalue weighted by atomic mass is 16.5. The lowest BCUT2D eigenvalue weighted by Gasteiger charge is -2.35. The summed E-state index contributed by atoms with van der Waals surface area (Å²) in [7, 11) is 0. The lowest BCUT2D eigenvalue weighted by Crippen LogP contribution is -2.45. The van der Waals surface area contributed by atoms with E-state index in [1.807, 2.05) is 60.7 Å². The van der Waals surface area contributed by atoms with Crippen molar-refractivity contribution in [3.05, 3.63) is 66.5 Å². The topological polar surface area (TPSA) is 77.3 Å². The molecule has 2 saturated heterocycles. The predicted octanol–water partition coefficient (Wildman–Crippen LogP) is 3.10. The molecule has 152 valence electrons. The van der Waals surface area contributed by atoms with Crippen LogP contribution in [0, 0.1) is 5.41 Å². The number of ether oxygens (including phenoxy) is 1. The highest BCUT2D eigenvalue weighted by Gasteiger charge is 2.47. The van der Waals surface area contributed by atoms with Crippen LogP contribution in [0.25, 0.3) is 17.1 Å². The van der Waals surface area contributed by atoms with E-state index < -0.39 is 5.41 Å². The number of benzene rings is 2. The van der Waals surface area contributed by atoms with Crippen LogP contribution in [0.1, 0.15) is 29.9 Å². The summed E-state index contributed by atoms with van der Waals surface area (Å²) in [5.74, 6) is 0.469. The van der Waals surface area contributed by atoms with Gasteiger partial charge in [0.15, 0.2) is 5.82 Å². The fourth-order valence-corrected chi connectivity index (χ4v) is 4.25. The fraction of sp³-hybridized carbons (Fsp3) is 0.304. The first-order valence-electron chi connectivity index (χ1n) is 10.2. The van der Waals surface area contributed by atoms with Crippen molar-refractivity contribution in [1.82, 2.24) is 19.7 Å². The molecule has 30 heavy (non-hydrogen) atoms. The number of rotatable bonds is 3. The van der Waals surface area contributed by atoms with E-state index in [2.05, 4.69) is 10.1 Å². The third-order valence-corrected chi connectivity index (χ3v) is 6.09. The number of aromatic nitrogens is 3. The molecule has 0 atom stereocenters. The summed E-state index contributed by atoms with van der Waals surface area (Å²) in [6.45, 7) is 1.50. The van der Waals surface area contributed by atoms with Crippen molar-refractivity contribution >= 4 is 11.9 Å². The molecule has 2 aliphatic heterocycles. The van der Waals surface area contributed by atoms with Gasteiger partial charge in [-0.2, -0.15) is 0 Å². The van der Waals surface area contributed by atoms with Crippen LogP contribution in [-0.2, 0) is 9.53 Å². The summed E-state index contributed by atoms with van der Waals surface area (Å²) in [4.78, 5) is 31.6. The number of para-hydroxylation sites is 1. The fourth-order valence-electron chi connectivity index (χ4n) is 4.25. The number of likely N-dealkylation sites (tertiary alicyclic amines) is 1. The average molecular weight is 402 g/mol. The first-order valence-corrected chi connectivity index (χ1v) is 10.2. The third-order valence-electron chi connectivity index (χ3n) is 6.09. The van der Waals surface area contributed by atoms with Crippen molar-refractivity contribution in [2.45, 2.75) is 19.3 Å². The van der Waals surface area contributed by atoms with Crippen LogP contribution >= 0.6 is 0 Å². The molecule has 2 fully saturated rings. The van der Waals surface area contributed by atoms with Crippen LogP contribution in [0.4, 0.5) is 0 Å². The van der Waals surface area contributed by atoms with Gasteiger partial charge in [-0.25, -0.2) is 9.67 Å². The van der Waals surface area contributed by atoms with Crippen LogP contribution in [0.3, 0.4) is 0 Å². The van der Waals surface area contributed by atoms with Crippen molar-refractivity contribution in [1.29, 1.82) is 0 Å². The molecule has 0 radical (unpaired) electrons. The first kappa shape index (κ1) is 18.5. The molecule has 0 aliphatic carbocycles. The van der Waals surface area contributed by atoms with E-state index in [9.17, 15) is 9.59 Å². The molecule has 3 heterocycles. The lowest BCUT2D eigenvalue weighted by molar-refractivity contribution is -0.148. The molecule has 1 spiro atoms. The summed E-state index contributed by atoms with van der Waals surface area (Å²) in [6, 6.07) is 19.4. The van der Waals surface area contributed by atoms with Crippen LogP contribution in [0.15, 0.2) is 60.7 Å². The summed E-state index contributed by atoms with van der Waals surface area (Å²) < 4.78 is 6.88. The monoisotopic (exact) mass is 402 g/mol. The van der Waals surface area contributed by atoms with Gasteiger partial charge in [0, 0.05) is 18.7 Å². The molecular formula is C23H22N4O3. The zero-order valence-electron chi connectivity index (χ0n) is 16.5. The number of piperidine rings is 1. The van der Waals surface area contributed by atoms with E-state index in [0.717, 1.165) is 17.7 Å². The number of cyclic esters (lactones) is 1. The van der Waals surface area contributed by atoms with Crippen molar-refractivity contribution in [3.8, 4) is 17.1 Å². The van der Waals surface area contributed by atoms with Gasteiger partial charge < -0.3 is 9.64 Å². The summed E-state index contributed by atoms with van der Waals surface area (Å²) >= 11 is 0. The van der Waals surface area contributed by atoms with Crippen molar-refractivity contribution in [2.75, 3.05) is 19.7 Å². The van der Waals surface area contributed by atoms with Gasteiger partial charge in [-0.1, -0.05) is 48.5 Å². The Bertz CT molecular complexity index is 1010. The number of nitrogens with zero attached hydrogens (tertiary/aromatic N) is 4. The Morgan fingerprint density at radius 1 is 0.933 bits per heavy atom. The lowest BCUT2D eigenvalue weighted by atomic mass is 9.77. The van der Waals surface area contributed by atoms with Crippen LogP contribution in [0.5, 0.6) is 0 Å². The van der Waals surface area contributed by atoms with E-state index in [-0.39, 0.29) is 17.7 Å². The number of hydrogen-bond acceptors (Lipinski definition) is 5. The minimum absolute atomic E-state index is 0.118. The van der Waals surface area contributed by atoms with Crippen molar-refractivity contribution in [3.63, 3.8) is 0 Å². The normalized spacial score (nSPS) is 17.9. The third kappa shape index (κ3) is 3.16. The molecule has 0 unspecified atom stereocenters. The number of esters is 1. The Kier molecular flexibility index (Phi) is 4.58. The zero-order valence-corrected chi connectivity index (χ0v) is 16.5. The quantitative estimate of drug-likeness (QED) is 0.629. The predicted molar refractivity (Wildman–Crippen MR) is 110 cm³/mol. The number of hydrogen-bond donors (Lipinski definition) is 0. The first-order chi connectivity index (χ1) is 14.7. The summed E-state index contributed by atoms with van der Waals surface area (Å²) in [5.41, 5.74) is 1.32. The smallest absolute Gasteiger partial charge is 0.312 e. The largest absolute Gasteiger partial charge is 0.465 e. The molecule has 2 aromatic carbocycles. The van der Waals surface area contributed by atoms with Crippen LogP contribution in [0.2, 0.25) is 0 Å². The minimum Gasteiger partial charge on any atom is -0.465 e. The maximum atomic E-state index is 13.2. The van der Waals surface area contributed by atoms with Gasteiger partial charge in [-0.15, -0.1) is 5.10 Å². The van der Waals surface area contributed by atoms with Crippen LogP contribution < -0.4 is 0 Å². The zero-order chi connectivity index (χ0) is 20.6. The number of carbonyl (C=O) groups excluding carboxylic acids is 2.